The Morgan fingerprint density at radius 1 is 1.60 bits per heavy atom. The minimum atomic E-state index is -0.402. The first-order valence-corrected chi connectivity index (χ1v) is 4.50. The fourth-order valence-electron chi connectivity index (χ4n) is 1.32. The van der Waals surface area contributed by atoms with Crippen LogP contribution in [0.3, 0.4) is 0 Å². The molecule has 0 unspecified atom stereocenters. The molecule has 15 heavy (non-hydrogen) atoms. The molecule has 4 nitrogen and oxygen atoms in total. The lowest BCUT2D eigenvalue weighted by molar-refractivity contribution is -0.385. The zero-order valence-corrected chi connectivity index (χ0v) is 8.82. The molecule has 0 aliphatic carbocycles. The van der Waals surface area contributed by atoms with Crippen molar-refractivity contribution < 1.29 is 9.66 Å². The van der Waals surface area contributed by atoms with Crippen molar-refractivity contribution in [3.05, 3.63) is 46.0 Å². The molecule has 1 aromatic rings. The third-order valence-corrected chi connectivity index (χ3v) is 1.98. The molecular weight excluding hydrogens is 194 g/mol. The van der Waals surface area contributed by atoms with Crippen molar-refractivity contribution in [1.29, 1.82) is 0 Å². The van der Waals surface area contributed by atoms with Crippen molar-refractivity contribution in [3.8, 4) is 5.75 Å². The van der Waals surface area contributed by atoms with Gasteiger partial charge in [0, 0.05) is 5.56 Å². The van der Waals surface area contributed by atoms with E-state index >= 15 is 0 Å². The maximum atomic E-state index is 10.8. The van der Waals surface area contributed by atoms with Crippen LogP contribution in [0.25, 0.3) is 0 Å². The first-order chi connectivity index (χ1) is 7.04. The summed E-state index contributed by atoms with van der Waals surface area (Å²) in [5.74, 6) is 0.493. The normalized spacial score (nSPS) is 9.73. The molecule has 0 aliphatic heterocycles. The van der Waals surface area contributed by atoms with Crippen molar-refractivity contribution in [1.82, 2.24) is 0 Å². The Morgan fingerprint density at radius 2 is 2.27 bits per heavy atom. The molecule has 0 saturated carbocycles. The van der Waals surface area contributed by atoms with Crippen molar-refractivity contribution in [3.63, 3.8) is 0 Å². The monoisotopic (exact) mass is 207 g/mol. The summed E-state index contributed by atoms with van der Waals surface area (Å²) in [5.41, 5.74) is 1.63. The van der Waals surface area contributed by atoms with Crippen LogP contribution in [0.4, 0.5) is 5.69 Å². The van der Waals surface area contributed by atoms with Crippen LogP contribution in [0.1, 0.15) is 12.5 Å². The number of benzene rings is 1. The Bertz CT molecular complexity index is 399. The number of hydrogen-bond donors (Lipinski definition) is 0. The van der Waals surface area contributed by atoms with Gasteiger partial charge in [-0.1, -0.05) is 12.2 Å². The van der Waals surface area contributed by atoms with Crippen LogP contribution in [0, 0.1) is 10.1 Å². The van der Waals surface area contributed by atoms with Gasteiger partial charge in [-0.3, -0.25) is 10.1 Å². The van der Waals surface area contributed by atoms with E-state index in [2.05, 4.69) is 6.58 Å². The number of methoxy groups -OCH3 is 1. The summed E-state index contributed by atoms with van der Waals surface area (Å²) in [6, 6.07) is 4.84. The maximum absolute atomic E-state index is 10.8. The lowest BCUT2D eigenvalue weighted by Crippen LogP contribution is -1.97. The van der Waals surface area contributed by atoms with E-state index in [4.69, 9.17) is 4.74 Å². The van der Waals surface area contributed by atoms with Gasteiger partial charge in [-0.05, 0) is 25.5 Å². The molecule has 1 rings (SSSR count). The van der Waals surface area contributed by atoms with E-state index in [9.17, 15) is 10.1 Å². The molecule has 4 heteroatoms. The highest BCUT2D eigenvalue weighted by Gasteiger charge is 2.14. The third-order valence-electron chi connectivity index (χ3n) is 1.98. The van der Waals surface area contributed by atoms with Crippen LogP contribution >= 0.6 is 0 Å². The van der Waals surface area contributed by atoms with Crippen LogP contribution in [-0.2, 0) is 6.42 Å². The van der Waals surface area contributed by atoms with Crippen molar-refractivity contribution in [2.75, 3.05) is 7.11 Å². The number of nitro benzene ring substituents is 1. The Kier molecular flexibility index (Phi) is 3.44. The summed E-state index contributed by atoms with van der Waals surface area (Å²) < 4.78 is 4.94. The fourth-order valence-corrected chi connectivity index (χ4v) is 1.32. The van der Waals surface area contributed by atoms with Gasteiger partial charge in [0.05, 0.1) is 18.1 Å². The molecule has 0 bridgehead atoms. The van der Waals surface area contributed by atoms with Crippen LogP contribution in [0.15, 0.2) is 30.4 Å². The van der Waals surface area contributed by atoms with Crippen LogP contribution in [0.5, 0.6) is 5.75 Å². The van der Waals surface area contributed by atoms with Gasteiger partial charge in [0.15, 0.2) is 0 Å². The predicted molar refractivity (Wildman–Crippen MR) is 58.2 cm³/mol. The number of rotatable bonds is 4. The average molecular weight is 207 g/mol. The van der Waals surface area contributed by atoms with Gasteiger partial charge in [0.2, 0.25) is 0 Å². The largest absolute Gasteiger partial charge is 0.497 e. The third kappa shape index (κ3) is 2.80. The molecule has 0 spiro atoms. The minimum absolute atomic E-state index is 0.0809. The summed E-state index contributed by atoms with van der Waals surface area (Å²) in [7, 11) is 1.48. The molecular formula is C11H13NO3. The maximum Gasteiger partial charge on any atom is 0.276 e. The van der Waals surface area contributed by atoms with Crippen LogP contribution in [-0.4, -0.2) is 12.0 Å². The molecule has 0 saturated heterocycles. The van der Waals surface area contributed by atoms with E-state index in [1.807, 2.05) is 6.92 Å². The van der Waals surface area contributed by atoms with E-state index in [1.165, 1.54) is 13.2 Å². The Balaban J connectivity index is 3.15. The summed E-state index contributed by atoms with van der Waals surface area (Å²) in [6.45, 7) is 5.58. The molecule has 0 aromatic heterocycles. The van der Waals surface area contributed by atoms with E-state index in [1.54, 1.807) is 12.1 Å². The van der Waals surface area contributed by atoms with Gasteiger partial charge in [-0.25, -0.2) is 0 Å². The zero-order chi connectivity index (χ0) is 11.4. The number of nitrogens with zero attached hydrogens (tertiary/aromatic N) is 1. The summed E-state index contributed by atoms with van der Waals surface area (Å²) in [5, 5.41) is 10.8. The zero-order valence-electron chi connectivity index (χ0n) is 8.82. The van der Waals surface area contributed by atoms with E-state index in [0.29, 0.717) is 17.7 Å². The lowest BCUT2D eigenvalue weighted by atomic mass is 10.1. The second kappa shape index (κ2) is 4.59. The van der Waals surface area contributed by atoms with Gasteiger partial charge in [0.1, 0.15) is 5.75 Å². The highest BCUT2D eigenvalue weighted by atomic mass is 16.6. The minimum Gasteiger partial charge on any atom is -0.497 e. The second-order valence-electron chi connectivity index (χ2n) is 3.39. The average Bonchev–Trinajstić information content (AvgIpc) is 2.17. The van der Waals surface area contributed by atoms with Crippen LogP contribution in [0.2, 0.25) is 0 Å². The molecule has 0 aliphatic rings. The molecule has 0 amide bonds. The quantitative estimate of drug-likeness (QED) is 0.433. The first kappa shape index (κ1) is 11.2. The number of allylic oxidation sites excluding steroid dienone is 1. The van der Waals surface area contributed by atoms with Gasteiger partial charge in [-0.15, -0.1) is 0 Å². The molecule has 80 valence electrons. The van der Waals surface area contributed by atoms with E-state index in [0.717, 1.165) is 5.57 Å². The molecule has 0 heterocycles. The van der Waals surface area contributed by atoms with Gasteiger partial charge >= 0.3 is 0 Å². The lowest BCUT2D eigenvalue weighted by Gasteiger charge is -2.04. The highest BCUT2D eigenvalue weighted by Crippen LogP contribution is 2.26. The first-order valence-electron chi connectivity index (χ1n) is 4.50. The number of ether oxygens (including phenoxy) is 1. The molecule has 0 N–H and O–H groups in total. The van der Waals surface area contributed by atoms with Gasteiger partial charge in [-0.2, -0.15) is 0 Å². The van der Waals surface area contributed by atoms with Crippen molar-refractivity contribution in [2.45, 2.75) is 13.3 Å². The van der Waals surface area contributed by atoms with E-state index in [-0.39, 0.29) is 5.69 Å². The summed E-state index contributed by atoms with van der Waals surface area (Å²) >= 11 is 0. The Labute approximate surface area is 88.3 Å². The standard InChI is InChI=1S/C11H13NO3/c1-8(2)6-9-4-5-10(15-3)7-11(9)12(13)14/h4-5,7H,1,6H2,2-3H3. The Hall–Kier alpha value is -1.84. The van der Waals surface area contributed by atoms with Crippen molar-refractivity contribution >= 4 is 5.69 Å². The Morgan fingerprint density at radius 3 is 2.73 bits per heavy atom. The van der Waals surface area contributed by atoms with Gasteiger partial charge < -0.3 is 4.74 Å². The fraction of sp³-hybridized carbons (Fsp3) is 0.273. The molecule has 1 aromatic carbocycles. The number of nitro groups is 1. The van der Waals surface area contributed by atoms with Gasteiger partial charge in [0.25, 0.3) is 5.69 Å². The second-order valence-corrected chi connectivity index (χ2v) is 3.39. The van der Waals surface area contributed by atoms with E-state index < -0.39 is 4.92 Å². The summed E-state index contributed by atoms with van der Waals surface area (Å²) in [4.78, 5) is 10.4. The number of hydrogen-bond acceptors (Lipinski definition) is 3. The smallest absolute Gasteiger partial charge is 0.276 e. The predicted octanol–water partition coefficient (Wildman–Crippen LogP) is 2.72. The summed E-state index contributed by atoms with van der Waals surface area (Å²) in [6.07, 6.45) is 0.514. The SMILES string of the molecule is C=C(C)Cc1ccc(OC)cc1[N+](=O)[O-]. The van der Waals surface area contributed by atoms with Crippen molar-refractivity contribution in [2.24, 2.45) is 0 Å². The molecule has 0 atom stereocenters. The molecule has 0 fully saturated rings. The topological polar surface area (TPSA) is 52.4 Å². The van der Waals surface area contributed by atoms with Crippen LogP contribution < -0.4 is 4.74 Å². The molecule has 0 radical (unpaired) electrons. The highest BCUT2D eigenvalue weighted by molar-refractivity contribution is 5.47.